The van der Waals surface area contributed by atoms with Gasteiger partial charge in [-0.3, -0.25) is 0 Å². The van der Waals surface area contributed by atoms with Gasteiger partial charge in [-0.1, -0.05) is 36.0 Å². The Labute approximate surface area is 138 Å². The summed E-state index contributed by atoms with van der Waals surface area (Å²) in [6.45, 7) is 1.85. The zero-order chi connectivity index (χ0) is 15.7. The van der Waals surface area contributed by atoms with Gasteiger partial charge >= 0.3 is 0 Å². The fourth-order valence-electron chi connectivity index (χ4n) is 2.81. The van der Waals surface area contributed by atoms with Crippen LogP contribution >= 0.6 is 22.9 Å². The summed E-state index contributed by atoms with van der Waals surface area (Å²) in [5.74, 6) is 0.567. The number of thiophene rings is 1. The van der Waals surface area contributed by atoms with Gasteiger partial charge in [-0.2, -0.15) is 0 Å². The normalized spacial score (nSPS) is 16.8. The first-order chi connectivity index (χ1) is 10.5. The van der Waals surface area contributed by atoms with Gasteiger partial charge in [0.15, 0.2) is 0 Å². The van der Waals surface area contributed by atoms with Crippen LogP contribution in [0.2, 0.25) is 4.34 Å². The van der Waals surface area contributed by atoms with Crippen molar-refractivity contribution in [2.24, 2.45) is 0 Å². The van der Waals surface area contributed by atoms with Crippen LogP contribution < -0.4 is 4.72 Å². The topological polar surface area (TPSA) is 72.2 Å². The fourth-order valence-corrected chi connectivity index (χ4v) is 5.34. The van der Waals surface area contributed by atoms with Crippen LogP contribution in [0.4, 0.5) is 5.88 Å². The molecule has 2 heterocycles. The standard InChI is InChI=1S/C14H17ClN2O3S2/c1-9-13(10-5-3-2-4-6-10)16-20-14(9)17-22(18,19)12-8-7-11(15)21-12/h7-8,10,17H,2-6H2,1H3. The van der Waals surface area contributed by atoms with E-state index >= 15 is 0 Å². The highest BCUT2D eigenvalue weighted by Gasteiger charge is 2.26. The first-order valence-corrected chi connectivity index (χ1v) is 9.89. The number of sulfonamides is 1. The molecule has 1 aliphatic carbocycles. The molecule has 0 aromatic carbocycles. The van der Waals surface area contributed by atoms with Crippen LogP contribution in [0.15, 0.2) is 20.9 Å². The van der Waals surface area contributed by atoms with Crippen LogP contribution in [0.25, 0.3) is 0 Å². The largest absolute Gasteiger partial charge is 0.337 e. The SMILES string of the molecule is Cc1c(C2CCCCC2)noc1NS(=O)(=O)c1ccc(Cl)s1. The van der Waals surface area contributed by atoms with Crippen LogP contribution in [-0.4, -0.2) is 13.6 Å². The highest BCUT2D eigenvalue weighted by molar-refractivity contribution is 7.94. The minimum absolute atomic E-state index is 0.160. The van der Waals surface area contributed by atoms with E-state index in [2.05, 4.69) is 9.88 Å². The van der Waals surface area contributed by atoms with Crippen molar-refractivity contribution < 1.29 is 12.9 Å². The Kier molecular flexibility index (Phi) is 4.47. The van der Waals surface area contributed by atoms with Gasteiger partial charge in [0, 0.05) is 11.5 Å². The Balaban J connectivity index is 1.82. The molecule has 2 aromatic rings. The van der Waals surface area contributed by atoms with Crippen LogP contribution in [0.3, 0.4) is 0 Å². The first kappa shape index (κ1) is 15.8. The van der Waals surface area contributed by atoms with Gasteiger partial charge in [0.2, 0.25) is 5.88 Å². The minimum atomic E-state index is -3.68. The summed E-state index contributed by atoms with van der Waals surface area (Å²) in [4.78, 5) is 0. The molecule has 0 amide bonds. The number of anilines is 1. The quantitative estimate of drug-likeness (QED) is 0.868. The van der Waals surface area contributed by atoms with Crippen molar-refractivity contribution in [2.75, 3.05) is 4.72 Å². The number of rotatable bonds is 4. The van der Waals surface area contributed by atoms with E-state index in [1.807, 2.05) is 6.92 Å². The molecule has 0 aliphatic heterocycles. The summed E-state index contributed by atoms with van der Waals surface area (Å²) in [6, 6.07) is 3.03. The number of halogens is 1. The molecule has 2 aromatic heterocycles. The van der Waals surface area contributed by atoms with Crippen LogP contribution in [-0.2, 0) is 10.0 Å². The van der Waals surface area contributed by atoms with Gasteiger partial charge in [0.25, 0.3) is 10.0 Å². The Morgan fingerprint density at radius 3 is 2.68 bits per heavy atom. The van der Waals surface area contributed by atoms with Crippen LogP contribution in [0.1, 0.15) is 49.3 Å². The summed E-state index contributed by atoms with van der Waals surface area (Å²) < 4.78 is 32.9. The maximum absolute atomic E-state index is 12.3. The van der Waals surface area contributed by atoms with Crippen molar-refractivity contribution in [1.29, 1.82) is 0 Å². The van der Waals surface area contributed by atoms with Gasteiger partial charge in [0.1, 0.15) is 4.21 Å². The summed E-state index contributed by atoms with van der Waals surface area (Å²) in [7, 11) is -3.68. The van der Waals surface area contributed by atoms with Gasteiger partial charge in [-0.05, 0) is 31.9 Å². The summed E-state index contributed by atoms with van der Waals surface area (Å²) in [5, 5.41) is 4.10. The molecule has 0 unspecified atom stereocenters. The lowest BCUT2D eigenvalue weighted by atomic mass is 9.86. The molecule has 0 bridgehead atoms. The van der Waals surface area contributed by atoms with E-state index in [0.717, 1.165) is 35.4 Å². The van der Waals surface area contributed by atoms with E-state index in [1.165, 1.54) is 25.3 Å². The molecule has 0 saturated heterocycles. The lowest BCUT2D eigenvalue weighted by Gasteiger charge is -2.19. The van der Waals surface area contributed by atoms with Crippen molar-refractivity contribution in [3.8, 4) is 0 Å². The monoisotopic (exact) mass is 360 g/mol. The Bertz CT molecular complexity index is 761. The zero-order valence-corrected chi connectivity index (χ0v) is 14.5. The molecule has 1 saturated carbocycles. The molecule has 1 aliphatic rings. The van der Waals surface area contributed by atoms with E-state index in [9.17, 15) is 8.42 Å². The third-order valence-electron chi connectivity index (χ3n) is 3.99. The molecule has 8 heteroatoms. The van der Waals surface area contributed by atoms with Gasteiger partial charge < -0.3 is 4.52 Å². The van der Waals surface area contributed by atoms with Crippen molar-refractivity contribution in [2.45, 2.75) is 49.2 Å². The molecule has 0 spiro atoms. The van der Waals surface area contributed by atoms with Crippen molar-refractivity contribution in [3.63, 3.8) is 0 Å². The second-order valence-corrected chi connectivity index (χ2v) is 9.15. The van der Waals surface area contributed by atoms with E-state index in [1.54, 1.807) is 6.07 Å². The van der Waals surface area contributed by atoms with Crippen molar-refractivity contribution in [1.82, 2.24) is 5.16 Å². The third kappa shape index (κ3) is 3.16. The van der Waals surface area contributed by atoms with Gasteiger partial charge in [0.05, 0.1) is 10.0 Å². The van der Waals surface area contributed by atoms with E-state index < -0.39 is 10.0 Å². The minimum Gasteiger partial charge on any atom is -0.337 e. The Hall–Kier alpha value is -1.05. The molecule has 5 nitrogen and oxygen atoms in total. The predicted octanol–water partition coefficient (Wildman–Crippen LogP) is 4.55. The maximum Gasteiger partial charge on any atom is 0.273 e. The summed E-state index contributed by atoms with van der Waals surface area (Å²) in [5.41, 5.74) is 1.65. The second-order valence-electron chi connectivity index (χ2n) is 5.52. The van der Waals surface area contributed by atoms with Gasteiger partial charge in [-0.25, -0.2) is 13.1 Å². The van der Waals surface area contributed by atoms with Crippen molar-refractivity contribution in [3.05, 3.63) is 27.7 Å². The number of hydrogen-bond donors (Lipinski definition) is 1. The molecule has 1 N–H and O–H groups in total. The molecule has 1 fully saturated rings. The molecule has 22 heavy (non-hydrogen) atoms. The first-order valence-electron chi connectivity index (χ1n) is 7.21. The number of aromatic nitrogens is 1. The summed E-state index contributed by atoms with van der Waals surface area (Å²) in [6.07, 6.45) is 5.80. The zero-order valence-electron chi connectivity index (χ0n) is 12.1. The van der Waals surface area contributed by atoms with Gasteiger partial charge in [-0.15, -0.1) is 11.3 Å². The molecule has 0 atom stereocenters. The molecular formula is C14H17ClN2O3S2. The average Bonchev–Trinajstić information content (AvgIpc) is 3.08. The maximum atomic E-state index is 12.3. The highest BCUT2D eigenvalue weighted by atomic mass is 35.5. The average molecular weight is 361 g/mol. The molecule has 0 radical (unpaired) electrons. The molecule has 120 valence electrons. The van der Waals surface area contributed by atoms with Crippen molar-refractivity contribution >= 4 is 38.8 Å². The predicted molar refractivity (Wildman–Crippen MR) is 87.2 cm³/mol. The van der Waals surface area contributed by atoms with E-state index in [0.29, 0.717) is 10.3 Å². The smallest absolute Gasteiger partial charge is 0.273 e. The number of nitrogens with zero attached hydrogens (tertiary/aromatic N) is 1. The number of nitrogens with one attached hydrogen (secondary N) is 1. The molecular weight excluding hydrogens is 344 g/mol. The third-order valence-corrected chi connectivity index (χ3v) is 7.05. The van der Waals surface area contributed by atoms with E-state index in [4.69, 9.17) is 16.1 Å². The number of hydrogen-bond acceptors (Lipinski definition) is 5. The van der Waals surface area contributed by atoms with Crippen LogP contribution in [0, 0.1) is 6.92 Å². The second kappa shape index (κ2) is 6.22. The highest BCUT2D eigenvalue weighted by Crippen LogP contribution is 2.36. The molecule has 3 rings (SSSR count). The Morgan fingerprint density at radius 2 is 2.05 bits per heavy atom. The summed E-state index contributed by atoms with van der Waals surface area (Å²) >= 11 is 6.80. The lowest BCUT2D eigenvalue weighted by Crippen LogP contribution is -2.12. The Morgan fingerprint density at radius 1 is 1.32 bits per heavy atom. The fraction of sp³-hybridized carbons (Fsp3) is 0.500. The van der Waals surface area contributed by atoms with Crippen LogP contribution in [0.5, 0.6) is 0 Å². The van der Waals surface area contributed by atoms with E-state index in [-0.39, 0.29) is 10.1 Å². The lowest BCUT2D eigenvalue weighted by molar-refractivity contribution is 0.387.